The van der Waals surface area contributed by atoms with Crippen molar-refractivity contribution in [3.8, 4) is 12.1 Å². The van der Waals surface area contributed by atoms with E-state index in [1.807, 2.05) is 6.07 Å². The van der Waals surface area contributed by atoms with E-state index in [9.17, 15) is 8.42 Å². The van der Waals surface area contributed by atoms with Gasteiger partial charge >= 0.3 is 0 Å². The molecule has 0 fully saturated rings. The molecule has 1 atom stereocenters. The van der Waals surface area contributed by atoms with Crippen LogP contribution in [-0.2, 0) is 10.0 Å². The van der Waals surface area contributed by atoms with Gasteiger partial charge in [0.25, 0.3) is 0 Å². The van der Waals surface area contributed by atoms with Gasteiger partial charge in [-0.05, 0) is 18.6 Å². The molecule has 1 N–H and O–H groups in total. The Morgan fingerprint density at radius 2 is 2.00 bits per heavy atom. The SMILES string of the molecule is CCC(C#N)S(=O)(=O)Nc1ccccc1C#N. The Balaban J connectivity index is 3.08. The summed E-state index contributed by atoms with van der Waals surface area (Å²) in [6.07, 6.45) is 0.195. The van der Waals surface area contributed by atoms with Crippen LogP contribution in [0.25, 0.3) is 0 Å². The van der Waals surface area contributed by atoms with Crippen molar-refractivity contribution < 1.29 is 8.42 Å². The van der Waals surface area contributed by atoms with E-state index >= 15 is 0 Å². The molecule has 17 heavy (non-hydrogen) atoms. The van der Waals surface area contributed by atoms with Crippen molar-refractivity contribution in [2.24, 2.45) is 0 Å². The van der Waals surface area contributed by atoms with Crippen LogP contribution in [-0.4, -0.2) is 13.7 Å². The largest absolute Gasteiger partial charge is 0.281 e. The fourth-order valence-electron chi connectivity index (χ4n) is 1.27. The highest BCUT2D eigenvalue weighted by molar-refractivity contribution is 7.93. The van der Waals surface area contributed by atoms with Crippen molar-refractivity contribution in [1.82, 2.24) is 0 Å². The van der Waals surface area contributed by atoms with E-state index < -0.39 is 15.3 Å². The Morgan fingerprint density at radius 3 is 2.53 bits per heavy atom. The molecule has 0 radical (unpaired) electrons. The van der Waals surface area contributed by atoms with Crippen molar-refractivity contribution in [2.75, 3.05) is 4.72 Å². The molecule has 0 heterocycles. The van der Waals surface area contributed by atoms with Crippen molar-refractivity contribution in [2.45, 2.75) is 18.6 Å². The summed E-state index contributed by atoms with van der Waals surface area (Å²) in [6.45, 7) is 1.61. The lowest BCUT2D eigenvalue weighted by molar-refractivity contribution is 0.593. The Hall–Kier alpha value is -2.05. The van der Waals surface area contributed by atoms with Gasteiger partial charge in [-0.2, -0.15) is 10.5 Å². The molecule has 0 bridgehead atoms. The molecule has 0 saturated heterocycles. The fourth-order valence-corrected chi connectivity index (χ4v) is 2.48. The predicted octanol–water partition coefficient (Wildman–Crippen LogP) is 1.60. The Labute approximate surface area is 100 Å². The first kappa shape index (κ1) is 13.0. The van der Waals surface area contributed by atoms with E-state index in [0.29, 0.717) is 0 Å². The second-order valence-corrected chi connectivity index (χ2v) is 5.19. The minimum absolute atomic E-state index is 0.195. The third kappa shape index (κ3) is 2.96. The van der Waals surface area contributed by atoms with Crippen LogP contribution in [0.4, 0.5) is 5.69 Å². The van der Waals surface area contributed by atoms with Crippen molar-refractivity contribution in [3.05, 3.63) is 29.8 Å². The van der Waals surface area contributed by atoms with E-state index in [1.54, 1.807) is 25.1 Å². The van der Waals surface area contributed by atoms with E-state index in [0.717, 1.165) is 0 Å². The highest BCUT2D eigenvalue weighted by Crippen LogP contribution is 2.17. The van der Waals surface area contributed by atoms with Crippen molar-refractivity contribution >= 4 is 15.7 Å². The number of benzene rings is 1. The molecule has 0 saturated carbocycles. The van der Waals surface area contributed by atoms with Gasteiger partial charge in [-0.25, -0.2) is 8.42 Å². The Bertz CT molecular complexity index is 581. The molecule has 0 spiro atoms. The van der Waals surface area contributed by atoms with Gasteiger partial charge in [-0.15, -0.1) is 0 Å². The van der Waals surface area contributed by atoms with Crippen LogP contribution >= 0.6 is 0 Å². The molecule has 6 heteroatoms. The first-order chi connectivity index (χ1) is 8.05. The zero-order valence-corrected chi connectivity index (χ0v) is 10.0. The van der Waals surface area contributed by atoms with Crippen LogP contribution in [0.3, 0.4) is 0 Å². The highest BCUT2D eigenvalue weighted by atomic mass is 32.2. The quantitative estimate of drug-likeness (QED) is 0.876. The molecule has 0 amide bonds. The average molecular weight is 249 g/mol. The zero-order chi connectivity index (χ0) is 12.9. The maximum Gasteiger partial charge on any atom is 0.249 e. The predicted molar refractivity (Wildman–Crippen MR) is 63.4 cm³/mol. The van der Waals surface area contributed by atoms with Gasteiger partial charge in [0.15, 0.2) is 5.25 Å². The second kappa shape index (κ2) is 5.33. The molecule has 0 aliphatic carbocycles. The summed E-state index contributed by atoms with van der Waals surface area (Å²) in [6, 6.07) is 9.84. The molecule has 1 aromatic rings. The average Bonchev–Trinajstić information content (AvgIpc) is 2.30. The molecule has 0 aromatic heterocycles. The summed E-state index contributed by atoms with van der Waals surface area (Å²) in [5.41, 5.74) is 0.424. The van der Waals surface area contributed by atoms with Crippen LogP contribution < -0.4 is 4.72 Å². The first-order valence-electron chi connectivity index (χ1n) is 4.95. The topological polar surface area (TPSA) is 93.8 Å². The molecular weight excluding hydrogens is 238 g/mol. The molecule has 0 aliphatic rings. The maximum absolute atomic E-state index is 11.8. The minimum atomic E-state index is -3.77. The smallest absolute Gasteiger partial charge is 0.249 e. The molecule has 88 valence electrons. The number of nitrogens with one attached hydrogen (secondary N) is 1. The standard InChI is InChI=1S/C11H11N3O2S/c1-2-10(8-13)17(15,16)14-11-6-4-3-5-9(11)7-12/h3-6,10,14H,2H2,1H3. The summed E-state index contributed by atoms with van der Waals surface area (Å²) in [4.78, 5) is 0. The van der Waals surface area contributed by atoms with Gasteiger partial charge in [0.2, 0.25) is 10.0 Å². The summed E-state index contributed by atoms with van der Waals surface area (Å²) in [5.74, 6) is 0. The normalized spacial score (nSPS) is 12.2. The van der Waals surface area contributed by atoms with E-state index in [2.05, 4.69) is 4.72 Å². The number of anilines is 1. The molecule has 1 rings (SSSR count). The van der Waals surface area contributed by atoms with Crippen LogP contribution in [0, 0.1) is 22.7 Å². The molecule has 1 aromatic carbocycles. The lowest BCUT2D eigenvalue weighted by Crippen LogP contribution is -2.26. The molecular formula is C11H11N3O2S. The zero-order valence-electron chi connectivity index (χ0n) is 9.21. The number of para-hydroxylation sites is 1. The lowest BCUT2D eigenvalue weighted by Gasteiger charge is -2.11. The third-order valence-corrected chi connectivity index (χ3v) is 3.88. The number of rotatable bonds is 4. The Morgan fingerprint density at radius 1 is 1.35 bits per heavy atom. The summed E-state index contributed by atoms with van der Waals surface area (Å²) in [5, 5.41) is 16.4. The third-order valence-electron chi connectivity index (χ3n) is 2.19. The lowest BCUT2D eigenvalue weighted by atomic mass is 10.2. The highest BCUT2D eigenvalue weighted by Gasteiger charge is 2.23. The monoisotopic (exact) mass is 249 g/mol. The van der Waals surface area contributed by atoms with Crippen LogP contribution in [0.15, 0.2) is 24.3 Å². The second-order valence-electron chi connectivity index (χ2n) is 3.33. The van der Waals surface area contributed by atoms with Gasteiger partial charge < -0.3 is 0 Å². The number of sulfonamides is 1. The molecule has 5 nitrogen and oxygen atoms in total. The van der Waals surface area contributed by atoms with E-state index in [1.165, 1.54) is 12.1 Å². The molecule has 0 aliphatic heterocycles. The maximum atomic E-state index is 11.8. The van der Waals surface area contributed by atoms with Crippen LogP contribution in [0.1, 0.15) is 18.9 Å². The van der Waals surface area contributed by atoms with Crippen LogP contribution in [0.5, 0.6) is 0 Å². The van der Waals surface area contributed by atoms with Crippen LogP contribution in [0.2, 0.25) is 0 Å². The van der Waals surface area contributed by atoms with Gasteiger partial charge in [0, 0.05) is 0 Å². The fraction of sp³-hybridized carbons (Fsp3) is 0.273. The van der Waals surface area contributed by atoms with Crippen molar-refractivity contribution in [1.29, 1.82) is 10.5 Å². The minimum Gasteiger partial charge on any atom is -0.281 e. The van der Waals surface area contributed by atoms with Gasteiger partial charge in [0.1, 0.15) is 6.07 Å². The van der Waals surface area contributed by atoms with Gasteiger partial charge in [0.05, 0.1) is 17.3 Å². The summed E-state index contributed by atoms with van der Waals surface area (Å²) in [7, 11) is -3.77. The number of hydrogen-bond donors (Lipinski definition) is 1. The number of hydrogen-bond acceptors (Lipinski definition) is 4. The first-order valence-corrected chi connectivity index (χ1v) is 6.50. The van der Waals surface area contributed by atoms with Gasteiger partial charge in [-0.1, -0.05) is 19.1 Å². The van der Waals surface area contributed by atoms with E-state index in [4.69, 9.17) is 10.5 Å². The number of nitriles is 2. The summed E-state index contributed by atoms with van der Waals surface area (Å²) >= 11 is 0. The summed E-state index contributed by atoms with van der Waals surface area (Å²) < 4.78 is 25.8. The molecule has 1 unspecified atom stereocenters. The number of nitrogens with zero attached hydrogens (tertiary/aromatic N) is 2. The Kier molecular flexibility index (Phi) is 4.08. The van der Waals surface area contributed by atoms with E-state index in [-0.39, 0.29) is 17.7 Å². The van der Waals surface area contributed by atoms with Gasteiger partial charge in [-0.3, -0.25) is 4.72 Å². The van der Waals surface area contributed by atoms with Crippen molar-refractivity contribution in [3.63, 3.8) is 0 Å².